The zero-order chi connectivity index (χ0) is 12.4. The number of fused-ring (bicyclic) bond motifs is 1. The lowest BCUT2D eigenvalue weighted by Gasteiger charge is -2.13. The first-order valence-electron chi connectivity index (χ1n) is 5.14. The number of pyridine rings is 1. The van der Waals surface area contributed by atoms with Crippen molar-refractivity contribution < 1.29 is 10.0 Å². The van der Waals surface area contributed by atoms with E-state index in [2.05, 4.69) is 4.98 Å². The van der Waals surface area contributed by atoms with Gasteiger partial charge in [0.05, 0.1) is 0 Å². The molecule has 0 bridgehead atoms. The second-order valence-electron chi connectivity index (χ2n) is 3.90. The normalized spacial score (nSPS) is 10.3. The van der Waals surface area contributed by atoms with E-state index in [9.17, 15) is 4.79 Å². The van der Waals surface area contributed by atoms with Crippen molar-refractivity contribution in [2.75, 3.05) is 19.0 Å². The second kappa shape index (κ2) is 4.39. The largest absolute Gasteiger partial charge is 0.378 e. The molecule has 1 aromatic carbocycles. The molecule has 17 heavy (non-hydrogen) atoms. The Morgan fingerprint density at radius 1 is 1.35 bits per heavy atom. The third kappa shape index (κ3) is 2.05. The van der Waals surface area contributed by atoms with Crippen LogP contribution in [0.15, 0.2) is 30.5 Å². The lowest BCUT2D eigenvalue weighted by molar-refractivity contribution is 0.0703. The molecular weight excluding hydrogens is 218 g/mol. The summed E-state index contributed by atoms with van der Waals surface area (Å²) in [7, 11) is 3.84. The van der Waals surface area contributed by atoms with Crippen LogP contribution in [0, 0.1) is 0 Å². The number of nitrogens with one attached hydrogen (secondary N) is 1. The van der Waals surface area contributed by atoms with E-state index in [0.29, 0.717) is 5.39 Å². The molecule has 1 aromatic heterocycles. The number of hydroxylamine groups is 1. The molecule has 0 radical (unpaired) electrons. The van der Waals surface area contributed by atoms with Gasteiger partial charge in [-0.15, -0.1) is 0 Å². The Morgan fingerprint density at radius 3 is 2.76 bits per heavy atom. The van der Waals surface area contributed by atoms with Crippen molar-refractivity contribution >= 4 is 22.4 Å². The molecule has 5 heteroatoms. The smallest absolute Gasteiger partial charge is 0.293 e. The van der Waals surface area contributed by atoms with Crippen molar-refractivity contribution in [3.8, 4) is 0 Å². The maximum atomic E-state index is 11.5. The molecule has 0 atom stereocenters. The van der Waals surface area contributed by atoms with Gasteiger partial charge in [0.15, 0.2) is 0 Å². The first-order valence-corrected chi connectivity index (χ1v) is 5.14. The summed E-state index contributed by atoms with van der Waals surface area (Å²) < 4.78 is 0. The van der Waals surface area contributed by atoms with Gasteiger partial charge in [0.2, 0.25) is 0 Å². The fraction of sp³-hybridized carbons (Fsp3) is 0.167. The topological polar surface area (TPSA) is 65.5 Å². The zero-order valence-corrected chi connectivity index (χ0v) is 9.64. The molecule has 0 fully saturated rings. The lowest BCUT2D eigenvalue weighted by Crippen LogP contribution is -2.20. The number of amides is 1. The van der Waals surface area contributed by atoms with Crippen molar-refractivity contribution in [2.24, 2.45) is 0 Å². The zero-order valence-electron chi connectivity index (χ0n) is 9.64. The monoisotopic (exact) mass is 231 g/mol. The van der Waals surface area contributed by atoms with Crippen molar-refractivity contribution in [3.05, 3.63) is 36.2 Å². The minimum Gasteiger partial charge on any atom is -0.378 e. The van der Waals surface area contributed by atoms with Crippen molar-refractivity contribution in [3.63, 3.8) is 0 Å². The molecular formula is C12H13N3O2. The number of benzene rings is 1. The summed E-state index contributed by atoms with van der Waals surface area (Å²) in [5, 5.41) is 10.3. The molecule has 2 rings (SSSR count). The van der Waals surface area contributed by atoms with E-state index < -0.39 is 5.91 Å². The van der Waals surface area contributed by atoms with Crippen LogP contribution in [0.5, 0.6) is 0 Å². The summed E-state index contributed by atoms with van der Waals surface area (Å²) in [4.78, 5) is 17.4. The highest BCUT2D eigenvalue weighted by molar-refractivity contribution is 6.05. The molecule has 0 saturated carbocycles. The molecule has 5 nitrogen and oxygen atoms in total. The number of hydrogen-bond acceptors (Lipinski definition) is 4. The fourth-order valence-electron chi connectivity index (χ4n) is 1.67. The summed E-state index contributed by atoms with van der Waals surface area (Å²) in [6.07, 6.45) is 1.54. The SMILES string of the molecule is CN(C)c1ccc2ccnc(C(=O)NO)c2c1. The summed E-state index contributed by atoms with van der Waals surface area (Å²) in [6.45, 7) is 0. The molecule has 0 aliphatic rings. The van der Waals surface area contributed by atoms with Gasteiger partial charge in [0.1, 0.15) is 5.69 Å². The first-order chi connectivity index (χ1) is 8.13. The van der Waals surface area contributed by atoms with Crippen LogP contribution in [0.3, 0.4) is 0 Å². The first kappa shape index (κ1) is 11.3. The molecule has 88 valence electrons. The molecule has 2 N–H and O–H groups in total. The summed E-state index contributed by atoms with van der Waals surface area (Å²) >= 11 is 0. The second-order valence-corrected chi connectivity index (χ2v) is 3.90. The Balaban J connectivity index is 2.68. The highest BCUT2D eigenvalue weighted by Gasteiger charge is 2.11. The molecule has 0 aliphatic heterocycles. The predicted molar refractivity (Wildman–Crippen MR) is 65.3 cm³/mol. The number of rotatable bonds is 2. The van der Waals surface area contributed by atoms with Crippen LogP contribution in [-0.4, -0.2) is 30.2 Å². The molecule has 0 aliphatic carbocycles. The minimum atomic E-state index is -0.605. The van der Waals surface area contributed by atoms with Crippen LogP contribution in [0.2, 0.25) is 0 Å². The van der Waals surface area contributed by atoms with E-state index in [1.807, 2.05) is 43.3 Å². The third-order valence-electron chi connectivity index (χ3n) is 2.58. The van der Waals surface area contributed by atoms with Crippen LogP contribution < -0.4 is 10.4 Å². The van der Waals surface area contributed by atoms with Gasteiger partial charge in [0.25, 0.3) is 5.91 Å². The molecule has 0 unspecified atom stereocenters. The number of nitrogens with zero attached hydrogens (tertiary/aromatic N) is 2. The van der Waals surface area contributed by atoms with E-state index >= 15 is 0 Å². The van der Waals surface area contributed by atoms with Gasteiger partial charge in [0, 0.05) is 31.4 Å². The average Bonchev–Trinajstić information content (AvgIpc) is 2.36. The van der Waals surface area contributed by atoms with Gasteiger partial charge >= 0.3 is 0 Å². The molecule has 1 heterocycles. The van der Waals surface area contributed by atoms with E-state index in [-0.39, 0.29) is 5.69 Å². The van der Waals surface area contributed by atoms with Gasteiger partial charge in [-0.2, -0.15) is 0 Å². The summed E-state index contributed by atoms with van der Waals surface area (Å²) in [5.74, 6) is -0.605. The fourth-order valence-corrected chi connectivity index (χ4v) is 1.67. The Bertz CT molecular complexity index is 567. The van der Waals surface area contributed by atoms with Gasteiger partial charge in [-0.3, -0.25) is 15.0 Å². The van der Waals surface area contributed by atoms with E-state index in [0.717, 1.165) is 11.1 Å². The van der Waals surface area contributed by atoms with Crippen LogP contribution in [0.25, 0.3) is 10.8 Å². The van der Waals surface area contributed by atoms with Gasteiger partial charge in [-0.1, -0.05) is 6.07 Å². The highest BCUT2D eigenvalue weighted by atomic mass is 16.5. The van der Waals surface area contributed by atoms with E-state index in [1.54, 1.807) is 11.7 Å². The van der Waals surface area contributed by atoms with Crippen LogP contribution >= 0.6 is 0 Å². The Kier molecular flexibility index (Phi) is 2.93. The molecule has 0 saturated heterocycles. The van der Waals surface area contributed by atoms with Gasteiger partial charge in [-0.05, 0) is 23.6 Å². The molecule has 1 amide bonds. The highest BCUT2D eigenvalue weighted by Crippen LogP contribution is 2.22. The van der Waals surface area contributed by atoms with Crippen LogP contribution in [0.4, 0.5) is 5.69 Å². The van der Waals surface area contributed by atoms with Crippen molar-refractivity contribution in [2.45, 2.75) is 0 Å². The van der Waals surface area contributed by atoms with Crippen molar-refractivity contribution in [1.29, 1.82) is 0 Å². The molecule has 0 spiro atoms. The van der Waals surface area contributed by atoms with Gasteiger partial charge in [-0.25, -0.2) is 5.48 Å². The average molecular weight is 231 g/mol. The van der Waals surface area contributed by atoms with Gasteiger partial charge < -0.3 is 4.90 Å². The minimum absolute atomic E-state index is 0.216. The maximum absolute atomic E-state index is 11.5. The summed E-state index contributed by atoms with van der Waals surface area (Å²) in [6, 6.07) is 7.57. The molecule has 2 aromatic rings. The quantitative estimate of drug-likeness (QED) is 0.606. The van der Waals surface area contributed by atoms with Crippen LogP contribution in [0.1, 0.15) is 10.5 Å². The standard InChI is InChI=1S/C12H13N3O2/c1-15(2)9-4-3-8-5-6-13-11(10(8)7-9)12(16)14-17/h3-7,17H,1-2H3,(H,14,16). The number of carbonyl (C=O) groups excluding carboxylic acids is 1. The van der Waals surface area contributed by atoms with E-state index in [4.69, 9.17) is 5.21 Å². The lowest BCUT2D eigenvalue weighted by atomic mass is 10.1. The summed E-state index contributed by atoms with van der Waals surface area (Å²) in [5.41, 5.74) is 2.79. The Hall–Kier alpha value is -2.14. The Labute approximate surface area is 98.6 Å². The van der Waals surface area contributed by atoms with E-state index in [1.165, 1.54) is 0 Å². The van der Waals surface area contributed by atoms with Crippen molar-refractivity contribution in [1.82, 2.24) is 10.5 Å². The number of carbonyl (C=O) groups is 1. The number of aromatic nitrogens is 1. The van der Waals surface area contributed by atoms with Crippen LogP contribution in [-0.2, 0) is 0 Å². The maximum Gasteiger partial charge on any atom is 0.293 e. The number of anilines is 1. The third-order valence-corrected chi connectivity index (χ3v) is 2.58. The number of hydrogen-bond donors (Lipinski definition) is 2. The Morgan fingerprint density at radius 2 is 2.12 bits per heavy atom. The predicted octanol–water partition coefficient (Wildman–Crippen LogP) is 1.42.